The first-order valence-corrected chi connectivity index (χ1v) is 6.72. The van der Waals surface area contributed by atoms with Gasteiger partial charge in [0.2, 0.25) is 5.95 Å². The van der Waals surface area contributed by atoms with Gasteiger partial charge in [-0.1, -0.05) is 30.3 Å². The average molecular weight is 317 g/mol. The molecule has 0 unspecified atom stereocenters. The van der Waals surface area contributed by atoms with Crippen LogP contribution in [0.1, 0.15) is 5.56 Å². The van der Waals surface area contributed by atoms with Crippen molar-refractivity contribution in [1.29, 1.82) is 0 Å². The molecule has 0 atom stereocenters. The number of aromatic nitrogens is 4. The number of anilines is 1. The fourth-order valence-corrected chi connectivity index (χ4v) is 2.05. The van der Waals surface area contributed by atoms with E-state index in [9.17, 15) is 9.59 Å². The van der Waals surface area contributed by atoms with Crippen LogP contribution >= 0.6 is 12.2 Å². The molecule has 1 aromatic carbocycles. The minimum atomic E-state index is -0.722. The number of aromatic amines is 3. The molecule has 0 saturated heterocycles. The Morgan fingerprint density at radius 1 is 1.23 bits per heavy atom. The van der Waals surface area contributed by atoms with Crippen LogP contribution in [0.15, 0.2) is 35.1 Å². The third-order valence-corrected chi connectivity index (χ3v) is 3.03. The number of H-pyrrole nitrogens is 3. The lowest BCUT2D eigenvalue weighted by molar-refractivity contribution is 0.155. The van der Waals surface area contributed by atoms with E-state index in [1.807, 2.05) is 30.3 Å². The number of carbonyl (C=O) groups excluding carboxylic acids is 1. The Labute approximate surface area is 128 Å². The summed E-state index contributed by atoms with van der Waals surface area (Å²) in [5, 5.41) is 2.36. The van der Waals surface area contributed by atoms with Gasteiger partial charge in [-0.05, 0) is 17.8 Å². The van der Waals surface area contributed by atoms with Crippen molar-refractivity contribution in [1.82, 2.24) is 19.9 Å². The topological polar surface area (TPSA) is 116 Å². The molecule has 0 aliphatic carbocycles. The summed E-state index contributed by atoms with van der Waals surface area (Å²) in [6.45, 7) is 0.117. The molecule has 0 aliphatic heterocycles. The predicted octanol–water partition coefficient (Wildman–Crippen LogP) is 2.06. The third-order valence-electron chi connectivity index (χ3n) is 2.82. The average Bonchev–Trinajstić information content (AvgIpc) is 2.87. The first-order chi connectivity index (χ1) is 10.6. The second-order valence-electron chi connectivity index (χ2n) is 4.40. The first kappa shape index (κ1) is 14.0. The Balaban J connectivity index is 1.71. The second kappa shape index (κ2) is 5.82. The van der Waals surface area contributed by atoms with Crippen LogP contribution in [0.2, 0.25) is 0 Å². The third kappa shape index (κ3) is 3.04. The smallest absolute Gasteiger partial charge is 0.414 e. The SMILES string of the molecule is O=C(Nc1nc2[nH]c(=S)[nH]c2c(=O)[nH]1)OCc1ccccc1. The number of benzene rings is 1. The monoisotopic (exact) mass is 317 g/mol. The number of amides is 1. The maximum atomic E-state index is 11.8. The number of rotatable bonds is 3. The van der Waals surface area contributed by atoms with E-state index in [4.69, 9.17) is 17.0 Å². The molecule has 22 heavy (non-hydrogen) atoms. The van der Waals surface area contributed by atoms with Gasteiger partial charge in [-0.15, -0.1) is 0 Å². The quantitative estimate of drug-likeness (QED) is 0.552. The van der Waals surface area contributed by atoms with Crippen LogP contribution in [0.25, 0.3) is 11.2 Å². The zero-order valence-electron chi connectivity index (χ0n) is 11.2. The lowest BCUT2D eigenvalue weighted by Gasteiger charge is -2.06. The molecule has 3 rings (SSSR count). The highest BCUT2D eigenvalue weighted by Crippen LogP contribution is 2.05. The van der Waals surface area contributed by atoms with Gasteiger partial charge >= 0.3 is 6.09 Å². The molecule has 112 valence electrons. The summed E-state index contributed by atoms with van der Waals surface area (Å²) >= 11 is 4.88. The summed E-state index contributed by atoms with van der Waals surface area (Å²) in [7, 11) is 0. The Morgan fingerprint density at radius 3 is 2.77 bits per heavy atom. The highest BCUT2D eigenvalue weighted by atomic mass is 32.1. The number of nitrogens with one attached hydrogen (secondary N) is 4. The van der Waals surface area contributed by atoms with Crippen molar-refractivity contribution < 1.29 is 9.53 Å². The van der Waals surface area contributed by atoms with E-state index in [0.717, 1.165) is 5.56 Å². The van der Waals surface area contributed by atoms with Crippen molar-refractivity contribution >= 4 is 35.4 Å². The highest BCUT2D eigenvalue weighted by molar-refractivity contribution is 7.71. The van der Waals surface area contributed by atoms with Crippen molar-refractivity contribution in [3.05, 3.63) is 51.0 Å². The first-order valence-electron chi connectivity index (χ1n) is 6.32. The zero-order chi connectivity index (χ0) is 15.5. The molecule has 4 N–H and O–H groups in total. The van der Waals surface area contributed by atoms with Crippen LogP contribution < -0.4 is 10.9 Å². The van der Waals surface area contributed by atoms with Gasteiger partial charge in [0.1, 0.15) is 12.1 Å². The van der Waals surface area contributed by atoms with E-state index in [2.05, 4.69) is 25.3 Å². The number of hydrogen-bond donors (Lipinski definition) is 4. The van der Waals surface area contributed by atoms with Crippen LogP contribution in [0.5, 0.6) is 0 Å². The largest absolute Gasteiger partial charge is 0.444 e. The second-order valence-corrected chi connectivity index (χ2v) is 4.81. The molecule has 8 nitrogen and oxygen atoms in total. The Bertz CT molecular complexity index is 928. The van der Waals surface area contributed by atoms with Gasteiger partial charge in [0.25, 0.3) is 5.56 Å². The van der Waals surface area contributed by atoms with Crippen LogP contribution in [-0.2, 0) is 11.3 Å². The summed E-state index contributed by atoms with van der Waals surface area (Å²) in [4.78, 5) is 35.3. The normalized spacial score (nSPS) is 10.5. The molecule has 9 heteroatoms. The number of carbonyl (C=O) groups is 1. The minimum Gasteiger partial charge on any atom is -0.444 e. The summed E-state index contributed by atoms with van der Waals surface area (Å²) in [5.41, 5.74) is 0.875. The molecule has 2 heterocycles. The molecular formula is C13H11N5O3S. The molecular weight excluding hydrogens is 306 g/mol. The van der Waals surface area contributed by atoms with Gasteiger partial charge < -0.3 is 14.7 Å². The number of fused-ring (bicyclic) bond motifs is 1. The van der Waals surface area contributed by atoms with E-state index in [-0.39, 0.29) is 28.5 Å². The number of ether oxygens (including phenoxy) is 1. The van der Waals surface area contributed by atoms with Crippen molar-refractivity contribution in [2.75, 3.05) is 5.32 Å². The van der Waals surface area contributed by atoms with Crippen LogP contribution in [0.3, 0.4) is 0 Å². The summed E-state index contributed by atoms with van der Waals surface area (Å²) < 4.78 is 5.31. The van der Waals surface area contributed by atoms with Crippen molar-refractivity contribution in [2.45, 2.75) is 6.61 Å². The molecule has 2 aromatic heterocycles. The van der Waals surface area contributed by atoms with Gasteiger partial charge in [-0.2, -0.15) is 4.98 Å². The summed E-state index contributed by atoms with van der Waals surface area (Å²) in [5.74, 6) is -0.0270. The Kier molecular flexibility index (Phi) is 3.71. The lowest BCUT2D eigenvalue weighted by atomic mass is 10.2. The van der Waals surface area contributed by atoms with Gasteiger partial charge in [0.15, 0.2) is 10.4 Å². The van der Waals surface area contributed by atoms with Crippen LogP contribution in [0, 0.1) is 4.77 Å². The van der Waals surface area contributed by atoms with E-state index in [1.165, 1.54) is 0 Å². The Morgan fingerprint density at radius 2 is 2.00 bits per heavy atom. The molecule has 0 fully saturated rings. The van der Waals surface area contributed by atoms with E-state index < -0.39 is 11.7 Å². The Hall–Kier alpha value is -2.94. The number of nitrogens with zero attached hydrogens (tertiary/aromatic N) is 1. The fourth-order valence-electron chi connectivity index (χ4n) is 1.85. The predicted molar refractivity (Wildman–Crippen MR) is 82.1 cm³/mol. The molecule has 1 amide bonds. The molecule has 0 aliphatic rings. The van der Waals surface area contributed by atoms with E-state index in [0.29, 0.717) is 0 Å². The van der Waals surface area contributed by atoms with Crippen molar-refractivity contribution in [3.8, 4) is 0 Å². The molecule has 0 radical (unpaired) electrons. The zero-order valence-corrected chi connectivity index (χ0v) is 12.0. The number of hydrogen-bond acceptors (Lipinski definition) is 5. The van der Waals surface area contributed by atoms with Gasteiger partial charge in [-0.25, -0.2) is 4.79 Å². The van der Waals surface area contributed by atoms with Gasteiger partial charge in [0.05, 0.1) is 0 Å². The fraction of sp³-hybridized carbons (Fsp3) is 0.0769. The van der Waals surface area contributed by atoms with Gasteiger partial charge in [0, 0.05) is 0 Å². The number of imidazole rings is 1. The standard InChI is InChI=1S/C13H11N5O3S/c19-10-8-9(16-12(22)14-8)15-11(17-10)18-13(20)21-6-7-4-2-1-3-5-7/h1-5H,6H2,(H4,14,15,16,17,18,19,20,22). The molecule has 0 bridgehead atoms. The maximum Gasteiger partial charge on any atom is 0.414 e. The molecule has 0 spiro atoms. The van der Waals surface area contributed by atoms with E-state index in [1.54, 1.807) is 0 Å². The van der Waals surface area contributed by atoms with Crippen molar-refractivity contribution in [2.24, 2.45) is 0 Å². The maximum absolute atomic E-state index is 11.8. The van der Waals surface area contributed by atoms with Crippen LogP contribution in [0.4, 0.5) is 10.7 Å². The summed E-state index contributed by atoms with van der Waals surface area (Å²) in [6.07, 6.45) is -0.722. The molecule has 3 aromatic rings. The van der Waals surface area contributed by atoms with Crippen LogP contribution in [-0.4, -0.2) is 26.0 Å². The molecule has 0 saturated carbocycles. The highest BCUT2D eigenvalue weighted by Gasteiger charge is 2.09. The van der Waals surface area contributed by atoms with Crippen molar-refractivity contribution in [3.63, 3.8) is 0 Å². The lowest BCUT2D eigenvalue weighted by Crippen LogP contribution is -2.19. The minimum absolute atomic E-state index is 0.0270. The van der Waals surface area contributed by atoms with E-state index >= 15 is 0 Å². The summed E-state index contributed by atoms with van der Waals surface area (Å²) in [6, 6.07) is 9.22. The van der Waals surface area contributed by atoms with Gasteiger partial charge in [-0.3, -0.25) is 15.1 Å².